The lowest BCUT2D eigenvalue weighted by Crippen LogP contribution is -2.56. The number of carbonyl (C=O) groups excluding carboxylic acids is 1. The summed E-state index contributed by atoms with van der Waals surface area (Å²) in [6.07, 6.45) is 11.7. The lowest BCUT2D eigenvalue weighted by Gasteiger charge is -2.61. The Balaban J connectivity index is 1.54. The van der Waals surface area contributed by atoms with Crippen LogP contribution in [-0.2, 0) is 4.79 Å². The van der Waals surface area contributed by atoms with Gasteiger partial charge in [-0.15, -0.1) is 23.5 Å². The number of carbonyl (C=O) groups is 1. The molecule has 4 aliphatic carbocycles. The Hall–Kier alpha value is 0.0700. The Morgan fingerprint density at radius 1 is 1.04 bits per heavy atom. The molecular formula is C23H34O2S2. The first-order valence-electron chi connectivity index (χ1n) is 10.9. The van der Waals surface area contributed by atoms with Crippen LogP contribution in [0.1, 0.15) is 65.7 Å². The molecule has 1 N–H and O–H groups in total. The van der Waals surface area contributed by atoms with Crippen molar-refractivity contribution in [3.63, 3.8) is 0 Å². The Labute approximate surface area is 172 Å². The van der Waals surface area contributed by atoms with Crippen LogP contribution in [0.15, 0.2) is 11.6 Å². The maximum atomic E-state index is 12.3. The Bertz CT molecular complexity index is 680. The van der Waals surface area contributed by atoms with E-state index in [1.165, 1.54) is 37.1 Å². The van der Waals surface area contributed by atoms with Crippen molar-refractivity contribution in [2.45, 2.75) is 75.4 Å². The van der Waals surface area contributed by atoms with E-state index >= 15 is 0 Å². The lowest BCUT2D eigenvalue weighted by atomic mass is 9.44. The van der Waals surface area contributed by atoms with Gasteiger partial charge in [-0.05, 0) is 80.5 Å². The van der Waals surface area contributed by atoms with Crippen molar-refractivity contribution in [1.82, 2.24) is 0 Å². The monoisotopic (exact) mass is 406 g/mol. The first kappa shape index (κ1) is 19.1. The molecule has 0 amide bonds. The van der Waals surface area contributed by atoms with Gasteiger partial charge in [0.25, 0.3) is 0 Å². The van der Waals surface area contributed by atoms with Gasteiger partial charge >= 0.3 is 0 Å². The molecule has 4 heteroatoms. The number of fused-ring (bicyclic) bond motifs is 5. The SMILES string of the molecule is C[C@]12CCC3(C=C1C[C@@H](C=O)[C@@H]1[C@@H]2CC[C@@]2(C)[C@H]1CC[C@]2(C)O)SCCS3. The zero-order chi connectivity index (χ0) is 19.1. The molecule has 4 fully saturated rings. The third-order valence-corrected chi connectivity index (χ3v) is 13.1. The first-order chi connectivity index (χ1) is 12.7. The first-order valence-corrected chi connectivity index (χ1v) is 12.9. The summed E-state index contributed by atoms with van der Waals surface area (Å²) in [4.78, 5) is 12.3. The number of hydrogen-bond donors (Lipinski definition) is 1. The highest BCUT2D eigenvalue weighted by atomic mass is 32.2. The van der Waals surface area contributed by atoms with E-state index in [0.717, 1.165) is 25.7 Å². The second-order valence-electron chi connectivity index (χ2n) is 10.7. The van der Waals surface area contributed by atoms with Crippen molar-refractivity contribution >= 4 is 29.8 Å². The molecular weight excluding hydrogens is 372 g/mol. The standard InChI is InChI=1S/C23H34O2S2/c1-20-8-9-23(26-10-11-27-23)13-16(20)12-15(14-24)19-17(20)4-6-21(2)18(19)5-7-22(21,3)25/h13-15,17-19,25H,4-12H2,1-3H3/t15-,17-,18-,19+,20-,21-,22-/m0/s1. The van der Waals surface area contributed by atoms with Crippen molar-refractivity contribution < 1.29 is 9.90 Å². The van der Waals surface area contributed by atoms with Crippen LogP contribution in [0.3, 0.4) is 0 Å². The van der Waals surface area contributed by atoms with E-state index in [0.29, 0.717) is 21.8 Å². The maximum absolute atomic E-state index is 12.3. The topological polar surface area (TPSA) is 37.3 Å². The molecule has 3 saturated carbocycles. The van der Waals surface area contributed by atoms with Gasteiger partial charge in [-0.2, -0.15) is 0 Å². The quantitative estimate of drug-likeness (QED) is 0.473. The molecule has 2 nitrogen and oxygen atoms in total. The summed E-state index contributed by atoms with van der Waals surface area (Å²) < 4.78 is 0.301. The molecule has 1 spiro atoms. The lowest BCUT2D eigenvalue weighted by molar-refractivity contribution is -0.140. The minimum absolute atomic E-state index is 0.0138. The molecule has 1 aliphatic heterocycles. The van der Waals surface area contributed by atoms with Gasteiger partial charge in [-0.25, -0.2) is 0 Å². The molecule has 0 unspecified atom stereocenters. The fraction of sp³-hybridized carbons (Fsp3) is 0.870. The highest BCUT2D eigenvalue weighted by molar-refractivity contribution is 8.21. The minimum atomic E-state index is -0.569. The predicted molar refractivity (Wildman–Crippen MR) is 115 cm³/mol. The van der Waals surface area contributed by atoms with Gasteiger partial charge in [0.15, 0.2) is 0 Å². The van der Waals surface area contributed by atoms with E-state index in [-0.39, 0.29) is 16.7 Å². The summed E-state index contributed by atoms with van der Waals surface area (Å²) >= 11 is 4.28. The largest absolute Gasteiger partial charge is 0.390 e. The van der Waals surface area contributed by atoms with Crippen molar-refractivity contribution in [3.05, 3.63) is 11.6 Å². The number of hydrogen-bond acceptors (Lipinski definition) is 4. The molecule has 0 aromatic carbocycles. The summed E-state index contributed by atoms with van der Waals surface area (Å²) in [5.74, 6) is 4.28. The average Bonchev–Trinajstić information content (AvgIpc) is 3.18. The Morgan fingerprint density at radius 3 is 2.44 bits per heavy atom. The Kier molecular flexibility index (Phi) is 4.27. The second kappa shape index (κ2) is 6.04. The van der Waals surface area contributed by atoms with Crippen LogP contribution in [0, 0.1) is 34.5 Å². The fourth-order valence-corrected chi connectivity index (χ4v) is 11.0. The summed E-state index contributed by atoms with van der Waals surface area (Å²) in [6.45, 7) is 6.89. The van der Waals surface area contributed by atoms with Gasteiger partial charge < -0.3 is 9.90 Å². The van der Waals surface area contributed by atoms with Crippen LogP contribution in [-0.4, -0.2) is 32.6 Å². The highest BCUT2D eigenvalue weighted by Crippen LogP contribution is 2.70. The summed E-state index contributed by atoms with van der Waals surface area (Å²) in [6, 6.07) is 0. The molecule has 1 saturated heterocycles. The molecule has 5 rings (SSSR count). The minimum Gasteiger partial charge on any atom is -0.390 e. The smallest absolute Gasteiger partial charge is 0.123 e. The van der Waals surface area contributed by atoms with Crippen LogP contribution in [0.25, 0.3) is 0 Å². The third-order valence-electron chi connectivity index (χ3n) is 9.73. The molecule has 27 heavy (non-hydrogen) atoms. The molecule has 5 aliphatic rings. The summed E-state index contributed by atoms with van der Waals surface area (Å²) in [7, 11) is 0. The van der Waals surface area contributed by atoms with Gasteiger partial charge in [0.05, 0.1) is 9.68 Å². The predicted octanol–water partition coefficient (Wildman–Crippen LogP) is 5.30. The van der Waals surface area contributed by atoms with Crippen LogP contribution in [0.2, 0.25) is 0 Å². The van der Waals surface area contributed by atoms with E-state index in [1.54, 1.807) is 5.57 Å². The third kappa shape index (κ3) is 2.48. The summed E-state index contributed by atoms with van der Waals surface area (Å²) in [5, 5.41) is 11.1. The van der Waals surface area contributed by atoms with Crippen molar-refractivity contribution in [2.24, 2.45) is 34.5 Å². The number of thioether (sulfide) groups is 2. The molecule has 0 aromatic heterocycles. The number of rotatable bonds is 1. The maximum Gasteiger partial charge on any atom is 0.123 e. The van der Waals surface area contributed by atoms with Gasteiger partial charge in [-0.1, -0.05) is 25.5 Å². The molecule has 7 atom stereocenters. The van der Waals surface area contributed by atoms with Crippen molar-refractivity contribution in [2.75, 3.05) is 11.5 Å². The van der Waals surface area contributed by atoms with Crippen LogP contribution in [0.4, 0.5) is 0 Å². The normalized spacial score (nSPS) is 53.4. The molecule has 1 heterocycles. The average molecular weight is 407 g/mol. The molecule has 150 valence electrons. The Morgan fingerprint density at radius 2 is 1.74 bits per heavy atom. The van der Waals surface area contributed by atoms with Crippen molar-refractivity contribution in [3.8, 4) is 0 Å². The van der Waals surface area contributed by atoms with Gasteiger partial charge in [0, 0.05) is 17.4 Å². The van der Waals surface area contributed by atoms with E-state index in [9.17, 15) is 9.90 Å². The van der Waals surface area contributed by atoms with Crippen LogP contribution in [0.5, 0.6) is 0 Å². The van der Waals surface area contributed by atoms with Crippen molar-refractivity contribution in [1.29, 1.82) is 0 Å². The van der Waals surface area contributed by atoms with Crippen LogP contribution >= 0.6 is 23.5 Å². The van der Waals surface area contributed by atoms with Gasteiger partial charge in [0.1, 0.15) is 6.29 Å². The van der Waals surface area contributed by atoms with E-state index < -0.39 is 5.60 Å². The van der Waals surface area contributed by atoms with Crippen LogP contribution < -0.4 is 0 Å². The summed E-state index contributed by atoms with van der Waals surface area (Å²) in [5.41, 5.74) is 1.29. The highest BCUT2D eigenvalue weighted by Gasteiger charge is 2.64. The molecule has 0 bridgehead atoms. The second-order valence-corrected chi connectivity index (χ2v) is 13.8. The van der Waals surface area contributed by atoms with Gasteiger partial charge in [-0.3, -0.25) is 0 Å². The van der Waals surface area contributed by atoms with Gasteiger partial charge in [0.2, 0.25) is 0 Å². The zero-order valence-electron chi connectivity index (χ0n) is 17.0. The zero-order valence-corrected chi connectivity index (χ0v) is 18.6. The molecule has 0 radical (unpaired) electrons. The number of aldehydes is 1. The van der Waals surface area contributed by atoms with E-state index in [4.69, 9.17) is 0 Å². The molecule has 0 aromatic rings. The van der Waals surface area contributed by atoms with E-state index in [1.807, 2.05) is 0 Å². The number of allylic oxidation sites excluding steroid dienone is 1. The van der Waals surface area contributed by atoms with E-state index in [2.05, 4.69) is 50.4 Å². The number of aliphatic hydroxyl groups is 1. The fourth-order valence-electron chi connectivity index (χ4n) is 7.82.